The van der Waals surface area contributed by atoms with Crippen LogP contribution in [-0.2, 0) is 0 Å². The van der Waals surface area contributed by atoms with Gasteiger partial charge in [-0.15, -0.1) is 0 Å². The highest BCUT2D eigenvalue weighted by Crippen LogP contribution is 2.37. The molecule has 1 atom stereocenters. The predicted octanol–water partition coefficient (Wildman–Crippen LogP) is 4.21. The summed E-state index contributed by atoms with van der Waals surface area (Å²) < 4.78 is 0. The second-order valence-corrected chi connectivity index (χ2v) is 5.37. The van der Waals surface area contributed by atoms with Gasteiger partial charge >= 0.3 is 0 Å². The summed E-state index contributed by atoms with van der Waals surface area (Å²) in [5.41, 5.74) is 4.61. The zero-order chi connectivity index (χ0) is 13.9. The molecule has 1 unspecified atom stereocenters. The number of aryl methyl sites for hydroxylation is 1. The lowest BCUT2D eigenvalue weighted by Crippen LogP contribution is -2.23. The van der Waals surface area contributed by atoms with E-state index in [1.54, 1.807) is 0 Å². The van der Waals surface area contributed by atoms with Crippen LogP contribution in [0.1, 0.15) is 35.6 Å². The van der Waals surface area contributed by atoms with Crippen LogP contribution in [0.15, 0.2) is 48.5 Å². The molecule has 100 valence electrons. The molecule has 1 aliphatic rings. The molecule has 1 fully saturated rings. The van der Waals surface area contributed by atoms with Crippen molar-refractivity contribution in [2.45, 2.75) is 25.8 Å². The van der Waals surface area contributed by atoms with Crippen LogP contribution in [0.3, 0.4) is 0 Å². The third-order valence-corrected chi connectivity index (χ3v) is 4.10. The molecule has 2 aromatic rings. The van der Waals surface area contributed by atoms with Crippen molar-refractivity contribution in [1.29, 1.82) is 5.26 Å². The molecule has 0 bridgehead atoms. The molecule has 0 radical (unpaired) electrons. The Labute approximate surface area is 120 Å². The topological polar surface area (TPSA) is 27.0 Å². The van der Waals surface area contributed by atoms with E-state index in [9.17, 15) is 0 Å². The van der Waals surface area contributed by atoms with Crippen LogP contribution in [0.25, 0.3) is 0 Å². The van der Waals surface area contributed by atoms with Crippen molar-refractivity contribution in [3.8, 4) is 6.07 Å². The molecule has 2 heteroatoms. The summed E-state index contributed by atoms with van der Waals surface area (Å²) in [6.45, 7) is 3.21. The maximum absolute atomic E-state index is 8.99. The number of rotatable bonds is 2. The van der Waals surface area contributed by atoms with Crippen LogP contribution < -0.4 is 4.90 Å². The molecule has 1 saturated heterocycles. The Morgan fingerprint density at radius 1 is 1.15 bits per heavy atom. The first-order valence-corrected chi connectivity index (χ1v) is 7.12. The lowest BCUT2D eigenvalue weighted by molar-refractivity contribution is 0.714. The molecule has 1 aliphatic heterocycles. The van der Waals surface area contributed by atoms with Crippen molar-refractivity contribution >= 4 is 5.69 Å². The average molecular weight is 262 g/mol. The summed E-state index contributed by atoms with van der Waals surface area (Å²) in [7, 11) is 0. The zero-order valence-electron chi connectivity index (χ0n) is 11.7. The number of anilines is 1. The van der Waals surface area contributed by atoms with E-state index in [0.29, 0.717) is 6.04 Å². The van der Waals surface area contributed by atoms with Crippen LogP contribution in [0.5, 0.6) is 0 Å². The average Bonchev–Trinajstić information content (AvgIpc) is 2.97. The molecule has 1 heterocycles. The third kappa shape index (κ3) is 2.28. The molecule has 0 saturated carbocycles. The highest BCUT2D eigenvalue weighted by molar-refractivity contribution is 5.51. The largest absolute Gasteiger partial charge is 0.364 e. The van der Waals surface area contributed by atoms with E-state index in [0.717, 1.165) is 12.1 Å². The first kappa shape index (κ1) is 12.7. The Kier molecular flexibility index (Phi) is 3.43. The van der Waals surface area contributed by atoms with E-state index in [-0.39, 0.29) is 0 Å². The van der Waals surface area contributed by atoms with E-state index in [1.165, 1.54) is 29.7 Å². The van der Waals surface area contributed by atoms with Crippen molar-refractivity contribution in [3.63, 3.8) is 0 Å². The second-order valence-electron chi connectivity index (χ2n) is 5.37. The van der Waals surface area contributed by atoms with E-state index in [2.05, 4.69) is 54.3 Å². The molecule has 0 aliphatic carbocycles. The van der Waals surface area contributed by atoms with E-state index < -0.39 is 0 Å². The standard InChI is InChI=1S/C18H18N2/c1-14-12-15(13-19)9-10-17(14)18-8-5-11-20(18)16-6-3-2-4-7-16/h2-4,6-7,9-10,12,18H,5,8,11H2,1H3. The fourth-order valence-electron chi connectivity index (χ4n) is 3.14. The van der Waals surface area contributed by atoms with Crippen LogP contribution in [0, 0.1) is 18.3 Å². The minimum absolute atomic E-state index is 0.435. The van der Waals surface area contributed by atoms with Gasteiger partial charge < -0.3 is 4.90 Å². The van der Waals surface area contributed by atoms with Gasteiger partial charge in [-0.3, -0.25) is 0 Å². The van der Waals surface area contributed by atoms with Gasteiger partial charge in [0.15, 0.2) is 0 Å². The van der Waals surface area contributed by atoms with Crippen molar-refractivity contribution in [3.05, 3.63) is 65.2 Å². The minimum atomic E-state index is 0.435. The fourth-order valence-corrected chi connectivity index (χ4v) is 3.14. The van der Waals surface area contributed by atoms with E-state index in [4.69, 9.17) is 5.26 Å². The number of para-hydroxylation sites is 1. The van der Waals surface area contributed by atoms with Gasteiger partial charge in [-0.1, -0.05) is 24.3 Å². The van der Waals surface area contributed by atoms with Gasteiger partial charge in [0.2, 0.25) is 0 Å². The van der Waals surface area contributed by atoms with Crippen LogP contribution >= 0.6 is 0 Å². The highest BCUT2D eigenvalue weighted by Gasteiger charge is 2.27. The lowest BCUT2D eigenvalue weighted by Gasteiger charge is -2.28. The van der Waals surface area contributed by atoms with Crippen LogP contribution in [0.4, 0.5) is 5.69 Å². The predicted molar refractivity (Wildman–Crippen MR) is 81.7 cm³/mol. The number of hydrogen-bond acceptors (Lipinski definition) is 2. The molecule has 0 amide bonds. The van der Waals surface area contributed by atoms with Gasteiger partial charge in [0.25, 0.3) is 0 Å². The van der Waals surface area contributed by atoms with Gasteiger partial charge in [0.1, 0.15) is 0 Å². The van der Waals surface area contributed by atoms with Gasteiger partial charge in [-0.25, -0.2) is 0 Å². The summed E-state index contributed by atoms with van der Waals surface area (Å²) in [5, 5.41) is 8.99. The Bertz CT molecular complexity index is 640. The summed E-state index contributed by atoms with van der Waals surface area (Å²) >= 11 is 0. The number of nitrogens with zero attached hydrogens (tertiary/aromatic N) is 2. The fraction of sp³-hybridized carbons (Fsp3) is 0.278. The molecule has 0 aromatic heterocycles. The van der Waals surface area contributed by atoms with Crippen LogP contribution in [0.2, 0.25) is 0 Å². The van der Waals surface area contributed by atoms with Gasteiger partial charge in [-0.05, 0) is 55.2 Å². The molecular weight excluding hydrogens is 244 g/mol. The summed E-state index contributed by atoms with van der Waals surface area (Å²) in [4.78, 5) is 2.48. The Morgan fingerprint density at radius 2 is 1.95 bits per heavy atom. The lowest BCUT2D eigenvalue weighted by atomic mass is 9.97. The Hall–Kier alpha value is -2.27. The second kappa shape index (κ2) is 5.38. The molecule has 2 nitrogen and oxygen atoms in total. The van der Waals surface area contributed by atoms with Crippen molar-refractivity contribution < 1.29 is 0 Å². The van der Waals surface area contributed by atoms with E-state index in [1.807, 2.05) is 12.1 Å². The van der Waals surface area contributed by atoms with Crippen molar-refractivity contribution in [1.82, 2.24) is 0 Å². The summed E-state index contributed by atoms with van der Waals surface area (Å²) in [5.74, 6) is 0. The van der Waals surface area contributed by atoms with Crippen molar-refractivity contribution in [2.75, 3.05) is 11.4 Å². The maximum atomic E-state index is 8.99. The monoisotopic (exact) mass is 262 g/mol. The molecule has 2 aromatic carbocycles. The molecule has 0 N–H and O–H groups in total. The van der Waals surface area contributed by atoms with Gasteiger partial charge in [-0.2, -0.15) is 5.26 Å². The highest BCUT2D eigenvalue weighted by atomic mass is 15.2. The summed E-state index contributed by atoms with van der Waals surface area (Å²) in [6, 6.07) is 19.3. The van der Waals surface area contributed by atoms with Crippen molar-refractivity contribution in [2.24, 2.45) is 0 Å². The Balaban J connectivity index is 1.95. The first-order valence-electron chi connectivity index (χ1n) is 7.12. The van der Waals surface area contributed by atoms with Gasteiger partial charge in [0.05, 0.1) is 17.7 Å². The molecule has 3 rings (SSSR count). The number of benzene rings is 2. The first-order chi connectivity index (χ1) is 9.79. The minimum Gasteiger partial charge on any atom is -0.364 e. The van der Waals surface area contributed by atoms with Crippen LogP contribution in [-0.4, -0.2) is 6.54 Å². The smallest absolute Gasteiger partial charge is 0.0991 e. The molecular formula is C18H18N2. The normalized spacial score (nSPS) is 18.0. The third-order valence-electron chi connectivity index (χ3n) is 4.10. The molecule has 0 spiro atoms. The summed E-state index contributed by atoms with van der Waals surface area (Å²) in [6.07, 6.45) is 2.40. The quantitative estimate of drug-likeness (QED) is 0.810. The molecule has 20 heavy (non-hydrogen) atoms. The maximum Gasteiger partial charge on any atom is 0.0991 e. The zero-order valence-corrected chi connectivity index (χ0v) is 11.7. The Morgan fingerprint density at radius 3 is 2.65 bits per heavy atom. The SMILES string of the molecule is Cc1cc(C#N)ccc1C1CCCN1c1ccccc1. The number of hydrogen-bond donors (Lipinski definition) is 0. The number of nitriles is 1. The van der Waals surface area contributed by atoms with Gasteiger partial charge in [0, 0.05) is 12.2 Å². The van der Waals surface area contributed by atoms with E-state index >= 15 is 0 Å².